The number of carbonyl (C=O) groups is 2. The Morgan fingerprint density at radius 3 is 2.20 bits per heavy atom. The van der Waals surface area contributed by atoms with Crippen LogP contribution in [0.1, 0.15) is 31.2 Å². The van der Waals surface area contributed by atoms with Crippen molar-refractivity contribution in [3.05, 3.63) is 35.9 Å². The molecule has 20 heavy (non-hydrogen) atoms. The van der Waals surface area contributed by atoms with Gasteiger partial charge in [0, 0.05) is 6.42 Å². The molecule has 0 spiro atoms. The first-order valence-corrected chi connectivity index (χ1v) is 6.47. The van der Waals surface area contributed by atoms with Crippen LogP contribution in [0.4, 0.5) is 0 Å². The molecule has 0 saturated carbocycles. The molecule has 0 atom stereocenters. The second-order valence-corrected chi connectivity index (χ2v) is 4.77. The lowest BCUT2D eigenvalue weighted by molar-refractivity contribution is -0.165. The molecule has 0 unspecified atom stereocenters. The minimum absolute atomic E-state index is 0.0503. The van der Waals surface area contributed by atoms with Crippen LogP contribution in [0.15, 0.2) is 30.3 Å². The fourth-order valence-electron chi connectivity index (χ4n) is 2.12. The summed E-state index contributed by atoms with van der Waals surface area (Å²) in [6.45, 7) is 0. The standard InChI is InChI=1S/C16H18O4/c1-2-11-16(14(17)18,15(19)20)12-7-6-10-13-8-4-3-5-9-13/h1,3-5,8-9H,6-7,10-12H2,(H,17,18)(H,19,20). The van der Waals surface area contributed by atoms with Crippen molar-refractivity contribution in [1.82, 2.24) is 0 Å². The van der Waals surface area contributed by atoms with Crippen molar-refractivity contribution in [2.75, 3.05) is 0 Å². The molecule has 0 aromatic heterocycles. The molecule has 1 aromatic carbocycles. The molecule has 0 bridgehead atoms. The third-order valence-corrected chi connectivity index (χ3v) is 3.38. The number of carboxylic acids is 2. The van der Waals surface area contributed by atoms with Crippen LogP contribution >= 0.6 is 0 Å². The lowest BCUT2D eigenvalue weighted by atomic mass is 9.79. The summed E-state index contributed by atoms with van der Waals surface area (Å²) >= 11 is 0. The van der Waals surface area contributed by atoms with Gasteiger partial charge >= 0.3 is 11.9 Å². The molecule has 0 fully saturated rings. The van der Waals surface area contributed by atoms with Crippen molar-refractivity contribution in [1.29, 1.82) is 0 Å². The number of unbranched alkanes of at least 4 members (excludes halogenated alkanes) is 1. The van der Waals surface area contributed by atoms with E-state index < -0.39 is 17.4 Å². The summed E-state index contributed by atoms with van der Waals surface area (Å²) in [5, 5.41) is 18.3. The second-order valence-electron chi connectivity index (χ2n) is 4.77. The summed E-state index contributed by atoms with van der Waals surface area (Å²) < 4.78 is 0. The van der Waals surface area contributed by atoms with Crippen molar-refractivity contribution in [2.24, 2.45) is 5.41 Å². The Hall–Kier alpha value is -2.28. The highest BCUT2D eigenvalue weighted by atomic mass is 16.4. The van der Waals surface area contributed by atoms with Crippen molar-refractivity contribution in [2.45, 2.75) is 32.1 Å². The zero-order valence-electron chi connectivity index (χ0n) is 11.2. The first-order valence-electron chi connectivity index (χ1n) is 6.47. The van der Waals surface area contributed by atoms with Gasteiger partial charge in [0.1, 0.15) is 0 Å². The van der Waals surface area contributed by atoms with E-state index in [-0.39, 0.29) is 12.8 Å². The van der Waals surface area contributed by atoms with E-state index in [0.29, 0.717) is 6.42 Å². The van der Waals surface area contributed by atoms with Gasteiger partial charge in [-0.15, -0.1) is 12.3 Å². The molecule has 0 aliphatic rings. The maximum absolute atomic E-state index is 11.2. The average Bonchev–Trinajstić information content (AvgIpc) is 2.42. The topological polar surface area (TPSA) is 74.6 Å². The van der Waals surface area contributed by atoms with E-state index in [1.165, 1.54) is 0 Å². The molecule has 0 aliphatic heterocycles. The molecular weight excluding hydrogens is 256 g/mol. The van der Waals surface area contributed by atoms with Gasteiger partial charge in [0.15, 0.2) is 5.41 Å². The fourth-order valence-corrected chi connectivity index (χ4v) is 2.12. The second kappa shape index (κ2) is 7.34. The summed E-state index contributed by atoms with van der Waals surface area (Å²) in [6, 6.07) is 9.78. The minimum atomic E-state index is -1.86. The maximum atomic E-state index is 11.2. The van der Waals surface area contributed by atoms with Crippen LogP contribution in [0.3, 0.4) is 0 Å². The molecule has 0 heterocycles. The largest absolute Gasteiger partial charge is 0.480 e. The van der Waals surface area contributed by atoms with Crippen LogP contribution < -0.4 is 0 Å². The highest BCUT2D eigenvalue weighted by Crippen LogP contribution is 2.30. The number of carboxylic acid groups (broad SMARTS) is 2. The van der Waals surface area contributed by atoms with Crippen molar-refractivity contribution < 1.29 is 19.8 Å². The Kier molecular flexibility index (Phi) is 5.79. The van der Waals surface area contributed by atoms with Gasteiger partial charge < -0.3 is 10.2 Å². The number of terminal acetylenes is 1. The Morgan fingerprint density at radius 1 is 1.10 bits per heavy atom. The van der Waals surface area contributed by atoms with E-state index in [1.54, 1.807) is 0 Å². The molecule has 0 amide bonds. The van der Waals surface area contributed by atoms with Crippen LogP contribution in [0.5, 0.6) is 0 Å². The third kappa shape index (κ3) is 3.86. The Balaban J connectivity index is 2.57. The van der Waals surface area contributed by atoms with Crippen molar-refractivity contribution in [3.8, 4) is 12.3 Å². The molecule has 2 N–H and O–H groups in total. The smallest absolute Gasteiger partial charge is 0.322 e. The highest BCUT2D eigenvalue weighted by Gasteiger charge is 2.45. The lowest BCUT2D eigenvalue weighted by Crippen LogP contribution is -2.39. The quantitative estimate of drug-likeness (QED) is 0.434. The summed E-state index contributed by atoms with van der Waals surface area (Å²) in [7, 11) is 0. The number of hydrogen-bond acceptors (Lipinski definition) is 2. The van der Waals surface area contributed by atoms with Gasteiger partial charge in [-0.3, -0.25) is 9.59 Å². The third-order valence-electron chi connectivity index (χ3n) is 3.38. The first-order chi connectivity index (χ1) is 9.53. The molecule has 4 heteroatoms. The van der Waals surface area contributed by atoms with Gasteiger partial charge in [-0.25, -0.2) is 0 Å². The molecule has 1 aromatic rings. The van der Waals surface area contributed by atoms with E-state index >= 15 is 0 Å². The monoisotopic (exact) mass is 274 g/mol. The minimum Gasteiger partial charge on any atom is -0.480 e. The average molecular weight is 274 g/mol. The van der Waals surface area contributed by atoms with Gasteiger partial charge in [-0.1, -0.05) is 36.8 Å². The van der Waals surface area contributed by atoms with E-state index in [2.05, 4.69) is 5.92 Å². The van der Waals surface area contributed by atoms with Crippen LogP contribution in [0.25, 0.3) is 0 Å². The SMILES string of the molecule is C#CCC(CCCCc1ccccc1)(C(=O)O)C(=O)O. The van der Waals surface area contributed by atoms with Crippen molar-refractivity contribution >= 4 is 11.9 Å². The zero-order valence-corrected chi connectivity index (χ0v) is 11.2. The Labute approximate surface area is 118 Å². The summed E-state index contributed by atoms with van der Waals surface area (Å²) in [6.07, 6.45) is 6.91. The summed E-state index contributed by atoms with van der Waals surface area (Å²) in [4.78, 5) is 22.5. The van der Waals surface area contributed by atoms with Crippen molar-refractivity contribution in [3.63, 3.8) is 0 Å². The zero-order chi connectivity index (χ0) is 15.0. The first kappa shape index (κ1) is 15.8. The molecule has 0 aliphatic carbocycles. The van der Waals surface area contributed by atoms with Crippen LogP contribution in [-0.2, 0) is 16.0 Å². The Bertz CT molecular complexity index is 485. The fraction of sp³-hybridized carbons (Fsp3) is 0.375. The van der Waals surface area contributed by atoms with Crippen LogP contribution in [0.2, 0.25) is 0 Å². The van der Waals surface area contributed by atoms with E-state index in [1.807, 2.05) is 30.3 Å². The predicted octanol–water partition coefficient (Wildman–Crippen LogP) is 2.58. The number of rotatable bonds is 8. The number of hydrogen-bond donors (Lipinski definition) is 2. The van der Waals surface area contributed by atoms with Gasteiger partial charge in [-0.05, 0) is 24.8 Å². The van der Waals surface area contributed by atoms with Gasteiger partial charge in [0.05, 0.1) is 0 Å². The van der Waals surface area contributed by atoms with E-state index in [0.717, 1.165) is 18.4 Å². The van der Waals surface area contributed by atoms with Gasteiger partial charge in [0.2, 0.25) is 0 Å². The lowest BCUT2D eigenvalue weighted by Gasteiger charge is -2.22. The van der Waals surface area contributed by atoms with Gasteiger partial charge in [0.25, 0.3) is 0 Å². The molecule has 0 radical (unpaired) electrons. The van der Waals surface area contributed by atoms with E-state index in [9.17, 15) is 9.59 Å². The van der Waals surface area contributed by atoms with Crippen LogP contribution in [0, 0.1) is 17.8 Å². The summed E-state index contributed by atoms with van der Waals surface area (Å²) in [5.41, 5.74) is -0.702. The molecular formula is C16H18O4. The van der Waals surface area contributed by atoms with E-state index in [4.69, 9.17) is 16.6 Å². The number of aryl methyl sites for hydroxylation is 1. The Morgan fingerprint density at radius 2 is 1.70 bits per heavy atom. The normalized spacial score (nSPS) is 10.8. The van der Waals surface area contributed by atoms with Crippen LogP contribution in [-0.4, -0.2) is 22.2 Å². The molecule has 106 valence electrons. The molecule has 4 nitrogen and oxygen atoms in total. The maximum Gasteiger partial charge on any atom is 0.322 e. The number of aliphatic carboxylic acids is 2. The van der Waals surface area contributed by atoms with Gasteiger partial charge in [-0.2, -0.15) is 0 Å². The summed E-state index contributed by atoms with van der Waals surface area (Å²) in [5.74, 6) is -0.549. The highest BCUT2D eigenvalue weighted by molar-refractivity contribution is 5.98. The predicted molar refractivity (Wildman–Crippen MR) is 75.2 cm³/mol. The molecule has 0 saturated heterocycles. The molecule has 1 rings (SSSR count). The number of benzene rings is 1.